The summed E-state index contributed by atoms with van der Waals surface area (Å²) < 4.78 is 0. The third kappa shape index (κ3) is 57.7. The summed E-state index contributed by atoms with van der Waals surface area (Å²) in [5.41, 5.74) is 0. The third-order valence-electron chi connectivity index (χ3n) is 17.2. The van der Waals surface area contributed by atoms with Crippen LogP contribution in [0.4, 0.5) is 0 Å². The molecule has 0 fully saturated rings. The van der Waals surface area contributed by atoms with E-state index in [9.17, 15) is 0 Å². The summed E-state index contributed by atoms with van der Waals surface area (Å²) in [5.74, 6) is 0. The van der Waals surface area contributed by atoms with Gasteiger partial charge in [0.15, 0.2) is 0 Å². The van der Waals surface area contributed by atoms with E-state index in [2.05, 4.69) is 27.7 Å². The van der Waals surface area contributed by atoms with Crippen LogP contribution in [-0.2, 0) is 0 Å². The summed E-state index contributed by atoms with van der Waals surface area (Å²) >= 11 is 0. The van der Waals surface area contributed by atoms with Gasteiger partial charge in [-0.25, -0.2) is 0 Å². The van der Waals surface area contributed by atoms with Crippen LogP contribution in [0.15, 0.2) is 0 Å². The molecule has 0 aromatic heterocycles. The highest BCUT2D eigenvalue weighted by Gasteiger charge is 2.35. The predicted molar refractivity (Wildman–Crippen MR) is 331 cm³/mol. The summed E-state index contributed by atoms with van der Waals surface area (Å²) in [6.45, 7) is 9.34. The second kappa shape index (κ2) is 63.7. The lowest BCUT2D eigenvalue weighted by Crippen LogP contribution is -2.13. The number of hydrogen-bond acceptors (Lipinski definition) is 0. The van der Waals surface area contributed by atoms with Gasteiger partial charge < -0.3 is 0 Å². The van der Waals surface area contributed by atoms with Crippen LogP contribution < -0.4 is 0 Å². The molecule has 70 heavy (non-hydrogen) atoms. The quantitative estimate of drug-likeness (QED) is 0.0421. The van der Waals surface area contributed by atoms with E-state index in [4.69, 9.17) is 0 Å². The maximum Gasteiger partial charge on any atom is 0.0594 e. The highest BCUT2D eigenvalue weighted by atomic mass is 31.2. The average molecular weight is 1000 g/mol. The van der Waals surface area contributed by atoms with E-state index in [0.717, 1.165) is 0 Å². The average Bonchev–Trinajstić information content (AvgIpc) is 3.37. The van der Waals surface area contributed by atoms with Gasteiger partial charge in [0.25, 0.3) is 0 Å². The lowest BCUT2D eigenvalue weighted by molar-refractivity contribution is 0.530. The Bertz CT molecular complexity index is 790. The molecule has 422 valence electrons. The lowest BCUT2D eigenvalue weighted by atomic mass is 10.0. The van der Waals surface area contributed by atoms with Gasteiger partial charge in [-0.3, -0.25) is 0 Å². The van der Waals surface area contributed by atoms with Gasteiger partial charge in [-0.05, 0) is 51.4 Å². The first-order valence-corrected chi connectivity index (χ1v) is 37.1. The van der Waals surface area contributed by atoms with E-state index in [-0.39, 0.29) is 0 Å². The van der Waals surface area contributed by atoms with E-state index < -0.39 is 7.26 Å². The molecular weight excluding hydrogens is 860 g/mol. The molecule has 0 N–H and O–H groups in total. The molecule has 0 radical (unpaired) electrons. The highest BCUT2D eigenvalue weighted by molar-refractivity contribution is 7.75. The van der Waals surface area contributed by atoms with E-state index in [1.807, 2.05) is 0 Å². The minimum atomic E-state index is -0.843. The SMILES string of the molecule is CCCCCCCCCCCCCCCCCC[P+](CCCCCCCCCCCCCCC)(CCCCCCCCCCCCCCCCCC)CCCCCCCCCCCCCCCCCC. The molecule has 0 aliphatic rings. The smallest absolute Gasteiger partial charge is 0.0594 e. The Labute approximate surface area is 449 Å². The van der Waals surface area contributed by atoms with Crippen molar-refractivity contribution >= 4 is 7.26 Å². The Morgan fingerprint density at radius 1 is 0.114 bits per heavy atom. The Kier molecular flexibility index (Phi) is 64.1. The first-order chi connectivity index (χ1) is 34.7. The Hall–Kier alpha value is 0.430. The molecule has 0 heterocycles. The van der Waals surface area contributed by atoms with Gasteiger partial charge in [0, 0.05) is 7.26 Å². The number of unbranched alkanes of at least 4 members (excludes halogenated alkanes) is 57. The van der Waals surface area contributed by atoms with Crippen molar-refractivity contribution in [3.05, 3.63) is 0 Å². The molecular formula is C69H142P+. The van der Waals surface area contributed by atoms with Crippen LogP contribution in [0.2, 0.25) is 0 Å². The molecule has 0 spiro atoms. The molecule has 0 bridgehead atoms. The van der Waals surface area contributed by atoms with Crippen LogP contribution in [0.25, 0.3) is 0 Å². The van der Waals surface area contributed by atoms with Crippen molar-refractivity contribution < 1.29 is 0 Å². The Balaban J connectivity index is 4.93. The van der Waals surface area contributed by atoms with E-state index in [1.54, 1.807) is 50.3 Å². The van der Waals surface area contributed by atoms with E-state index in [0.29, 0.717) is 0 Å². The maximum absolute atomic E-state index is 2.34. The van der Waals surface area contributed by atoms with Gasteiger partial charge in [-0.15, -0.1) is 0 Å². The molecule has 0 rings (SSSR count). The fourth-order valence-electron chi connectivity index (χ4n) is 12.1. The molecule has 1 heteroatoms. The zero-order chi connectivity index (χ0) is 50.5. The summed E-state index contributed by atoms with van der Waals surface area (Å²) in [6.07, 6.45) is 97.8. The molecule has 0 saturated carbocycles. The Morgan fingerprint density at radius 2 is 0.200 bits per heavy atom. The molecule has 0 atom stereocenters. The molecule has 0 saturated heterocycles. The zero-order valence-electron chi connectivity index (χ0n) is 50.4. The summed E-state index contributed by atoms with van der Waals surface area (Å²) in [4.78, 5) is 0. The standard InChI is InChI=1S/C69H142P/c1-5-9-13-17-21-25-29-33-36-39-43-47-51-55-59-63-67-70(66-62-58-54-50-46-42-32-28-24-20-16-12-8-4,68-64-60-56-52-48-44-40-37-34-30-26-22-18-14-10-6-2)69-65-61-57-53-49-45-41-38-35-31-27-23-19-15-11-7-3/h5-69H2,1-4H3/q+1. The predicted octanol–water partition coefficient (Wildman–Crippen LogP) is 26.9. The van der Waals surface area contributed by atoms with Crippen molar-refractivity contribution in [2.75, 3.05) is 24.6 Å². The second-order valence-electron chi connectivity index (χ2n) is 24.4. The van der Waals surface area contributed by atoms with Gasteiger partial charge in [0.2, 0.25) is 0 Å². The van der Waals surface area contributed by atoms with Crippen molar-refractivity contribution in [2.24, 2.45) is 0 Å². The van der Waals surface area contributed by atoms with Crippen LogP contribution in [0.5, 0.6) is 0 Å². The van der Waals surface area contributed by atoms with Crippen molar-refractivity contribution in [1.82, 2.24) is 0 Å². The molecule has 0 aliphatic carbocycles. The van der Waals surface area contributed by atoms with E-state index >= 15 is 0 Å². The first-order valence-electron chi connectivity index (χ1n) is 34.6. The van der Waals surface area contributed by atoms with Crippen LogP contribution in [-0.4, -0.2) is 24.6 Å². The minimum Gasteiger partial charge on any atom is -0.0654 e. The van der Waals surface area contributed by atoms with Gasteiger partial charge in [-0.2, -0.15) is 0 Å². The minimum absolute atomic E-state index is 0.843. The van der Waals surface area contributed by atoms with Crippen molar-refractivity contribution in [1.29, 1.82) is 0 Å². The zero-order valence-corrected chi connectivity index (χ0v) is 51.3. The molecule has 0 aromatic rings. The van der Waals surface area contributed by atoms with Crippen LogP contribution in [0, 0.1) is 0 Å². The van der Waals surface area contributed by atoms with Crippen LogP contribution >= 0.6 is 7.26 Å². The number of rotatable bonds is 65. The van der Waals surface area contributed by atoms with Gasteiger partial charge >= 0.3 is 0 Å². The largest absolute Gasteiger partial charge is 0.0654 e. The molecule has 0 unspecified atom stereocenters. The normalized spacial score (nSPS) is 12.0. The first kappa shape index (κ1) is 70.4. The number of hydrogen-bond donors (Lipinski definition) is 0. The van der Waals surface area contributed by atoms with Gasteiger partial charge in [-0.1, -0.05) is 368 Å². The van der Waals surface area contributed by atoms with Gasteiger partial charge in [0.1, 0.15) is 0 Å². The summed E-state index contributed by atoms with van der Waals surface area (Å²) in [5, 5.41) is 0. The monoisotopic (exact) mass is 1000 g/mol. The van der Waals surface area contributed by atoms with Gasteiger partial charge in [0.05, 0.1) is 24.6 Å². The van der Waals surface area contributed by atoms with Crippen molar-refractivity contribution in [2.45, 2.75) is 419 Å². The third-order valence-corrected chi connectivity index (χ3v) is 22.3. The van der Waals surface area contributed by atoms with Crippen molar-refractivity contribution in [3.63, 3.8) is 0 Å². The molecule has 0 aliphatic heterocycles. The fraction of sp³-hybridized carbons (Fsp3) is 1.00. The molecule has 0 aromatic carbocycles. The maximum atomic E-state index is 2.34. The second-order valence-corrected chi connectivity index (χ2v) is 28.9. The van der Waals surface area contributed by atoms with Crippen LogP contribution in [0.3, 0.4) is 0 Å². The van der Waals surface area contributed by atoms with Crippen molar-refractivity contribution in [3.8, 4) is 0 Å². The summed E-state index contributed by atoms with van der Waals surface area (Å²) in [7, 11) is -0.843. The molecule has 0 amide bonds. The lowest BCUT2D eigenvalue weighted by Gasteiger charge is -2.28. The fourth-order valence-corrected chi connectivity index (χ4v) is 17.0. The topological polar surface area (TPSA) is 0 Å². The Morgan fingerprint density at radius 3 is 0.300 bits per heavy atom. The summed E-state index contributed by atoms with van der Waals surface area (Å²) in [6, 6.07) is 0. The van der Waals surface area contributed by atoms with E-state index in [1.165, 1.54) is 366 Å². The molecule has 0 nitrogen and oxygen atoms in total. The van der Waals surface area contributed by atoms with Crippen LogP contribution in [0.1, 0.15) is 419 Å². The highest BCUT2D eigenvalue weighted by Crippen LogP contribution is 2.61.